The Balaban J connectivity index is 1.29. The molecule has 9 aromatic rings. The van der Waals surface area contributed by atoms with Crippen LogP contribution in [0.2, 0.25) is 0 Å². The van der Waals surface area contributed by atoms with E-state index in [0.29, 0.717) is 0 Å². The molecular weight excluding hydrogens is 593 g/mol. The monoisotopic (exact) mass is 624 g/mol. The number of rotatable bonds is 3. The fourth-order valence-corrected chi connectivity index (χ4v) is 8.25. The standard InChI is InChI=1S/C47H32N2/c1-47(2)40-16-8-7-13-34(40)35-23-22-33(27-41(35)47)45-36-14-5-6-15-37(36)46(44-28-48-42-17-9-10-18-43(42)49-44)38-24-21-32(26-39(38)45)31-20-19-29-11-3-4-12-30(29)25-31/h3-28H,1-2H3. The molecule has 1 heterocycles. The van der Waals surface area contributed by atoms with Crippen molar-refractivity contribution in [2.24, 2.45) is 0 Å². The Labute approximate surface area is 285 Å². The van der Waals surface area contributed by atoms with Crippen LogP contribution in [0.3, 0.4) is 0 Å². The predicted molar refractivity (Wildman–Crippen MR) is 206 cm³/mol. The molecule has 0 spiro atoms. The topological polar surface area (TPSA) is 25.8 Å². The zero-order valence-corrected chi connectivity index (χ0v) is 27.4. The van der Waals surface area contributed by atoms with E-state index in [2.05, 4.69) is 141 Å². The molecule has 0 N–H and O–H groups in total. The highest BCUT2D eigenvalue weighted by molar-refractivity contribution is 6.22. The first-order valence-electron chi connectivity index (χ1n) is 17.0. The molecule has 0 aliphatic heterocycles. The van der Waals surface area contributed by atoms with Gasteiger partial charge in [-0.15, -0.1) is 0 Å². The number of benzene rings is 8. The van der Waals surface area contributed by atoms with Crippen molar-refractivity contribution in [2.75, 3.05) is 0 Å². The van der Waals surface area contributed by atoms with Crippen LogP contribution < -0.4 is 0 Å². The van der Waals surface area contributed by atoms with Gasteiger partial charge in [-0.2, -0.15) is 0 Å². The summed E-state index contributed by atoms with van der Waals surface area (Å²) in [6.07, 6.45) is 1.94. The lowest BCUT2D eigenvalue weighted by molar-refractivity contribution is 0.660. The molecule has 8 aromatic carbocycles. The van der Waals surface area contributed by atoms with Gasteiger partial charge in [0.1, 0.15) is 0 Å². The summed E-state index contributed by atoms with van der Waals surface area (Å²) in [7, 11) is 0. The van der Waals surface area contributed by atoms with E-state index in [-0.39, 0.29) is 5.41 Å². The van der Waals surface area contributed by atoms with Crippen LogP contribution in [0.4, 0.5) is 0 Å². The summed E-state index contributed by atoms with van der Waals surface area (Å²) in [5, 5.41) is 7.26. The molecule has 2 nitrogen and oxygen atoms in total. The SMILES string of the molecule is CC1(C)c2ccccc2-c2ccc(-c3c4ccccc4c(-c4cnc5ccccc5n4)c4ccc(-c5ccc6ccccc6c5)cc34)cc21. The van der Waals surface area contributed by atoms with E-state index in [0.717, 1.165) is 22.3 Å². The Hall–Kier alpha value is -6.12. The van der Waals surface area contributed by atoms with Gasteiger partial charge >= 0.3 is 0 Å². The fourth-order valence-electron chi connectivity index (χ4n) is 8.25. The average Bonchev–Trinajstić information content (AvgIpc) is 3.38. The Morgan fingerprint density at radius 1 is 0.429 bits per heavy atom. The van der Waals surface area contributed by atoms with Gasteiger partial charge in [-0.25, -0.2) is 4.98 Å². The molecule has 1 aromatic heterocycles. The summed E-state index contributed by atoms with van der Waals surface area (Å²) in [5.41, 5.74) is 14.0. The van der Waals surface area contributed by atoms with Gasteiger partial charge in [-0.3, -0.25) is 4.98 Å². The summed E-state index contributed by atoms with van der Waals surface area (Å²) < 4.78 is 0. The van der Waals surface area contributed by atoms with Gasteiger partial charge in [0.25, 0.3) is 0 Å². The molecule has 10 rings (SSSR count). The highest BCUT2D eigenvalue weighted by Crippen LogP contribution is 2.51. The summed E-state index contributed by atoms with van der Waals surface area (Å²) >= 11 is 0. The number of para-hydroxylation sites is 2. The fraction of sp³-hybridized carbons (Fsp3) is 0.0638. The van der Waals surface area contributed by atoms with E-state index < -0.39 is 0 Å². The first-order valence-corrected chi connectivity index (χ1v) is 17.0. The molecule has 49 heavy (non-hydrogen) atoms. The number of aromatic nitrogens is 2. The number of hydrogen-bond donors (Lipinski definition) is 0. The third-order valence-corrected chi connectivity index (χ3v) is 10.7. The summed E-state index contributed by atoms with van der Waals surface area (Å²) in [5.74, 6) is 0. The third-order valence-electron chi connectivity index (χ3n) is 10.7. The third kappa shape index (κ3) is 4.20. The molecule has 0 saturated carbocycles. The van der Waals surface area contributed by atoms with Crippen LogP contribution in [0.5, 0.6) is 0 Å². The van der Waals surface area contributed by atoms with Crippen LogP contribution in [0.1, 0.15) is 25.0 Å². The van der Waals surface area contributed by atoms with Gasteiger partial charge < -0.3 is 0 Å². The van der Waals surface area contributed by atoms with Crippen molar-refractivity contribution in [3.63, 3.8) is 0 Å². The predicted octanol–water partition coefficient (Wildman–Crippen LogP) is 12.4. The van der Waals surface area contributed by atoms with Crippen molar-refractivity contribution in [1.82, 2.24) is 9.97 Å². The maximum Gasteiger partial charge on any atom is 0.0905 e. The second-order valence-electron chi connectivity index (χ2n) is 13.8. The van der Waals surface area contributed by atoms with E-state index >= 15 is 0 Å². The second kappa shape index (κ2) is 10.4. The van der Waals surface area contributed by atoms with Crippen molar-refractivity contribution in [3.05, 3.63) is 169 Å². The smallest absolute Gasteiger partial charge is 0.0905 e. The lowest BCUT2D eigenvalue weighted by Gasteiger charge is -2.23. The Morgan fingerprint density at radius 3 is 1.94 bits per heavy atom. The molecule has 0 fully saturated rings. The number of fused-ring (bicyclic) bond motifs is 7. The van der Waals surface area contributed by atoms with Gasteiger partial charge in [0.15, 0.2) is 0 Å². The molecule has 2 heteroatoms. The van der Waals surface area contributed by atoms with Crippen molar-refractivity contribution >= 4 is 43.4 Å². The van der Waals surface area contributed by atoms with E-state index in [1.807, 2.05) is 30.5 Å². The van der Waals surface area contributed by atoms with Crippen LogP contribution in [0, 0.1) is 0 Å². The van der Waals surface area contributed by atoms with Gasteiger partial charge in [-0.1, -0.05) is 135 Å². The van der Waals surface area contributed by atoms with E-state index in [4.69, 9.17) is 9.97 Å². The highest BCUT2D eigenvalue weighted by Gasteiger charge is 2.35. The first kappa shape index (κ1) is 27.9. The molecule has 0 bridgehead atoms. The molecule has 0 unspecified atom stereocenters. The Kier molecular flexibility index (Phi) is 5.95. The zero-order chi connectivity index (χ0) is 32.7. The van der Waals surface area contributed by atoms with Crippen LogP contribution in [-0.2, 0) is 5.41 Å². The average molecular weight is 625 g/mol. The first-order chi connectivity index (χ1) is 24.0. The molecule has 0 amide bonds. The maximum atomic E-state index is 5.19. The molecule has 0 saturated heterocycles. The zero-order valence-electron chi connectivity index (χ0n) is 27.4. The quantitative estimate of drug-likeness (QED) is 0.183. The summed E-state index contributed by atoms with van der Waals surface area (Å²) in [6, 6.07) is 55.3. The van der Waals surface area contributed by atoms with Gasteiger partial charge in [0, 0.05) is 11.0 Å². The minimum Gasteiger partial charge on any atom is -0.252 e. The largest absolute Gasteiger partial charge is 0.252 e. The van der Waals surface area contributed by atoms with Crippen molar-refractivity contribution in [3.8, 4) is 44.6 Å². The molecule has 1 aliphatic carbocycles. The molecule has 230 valence electrons. The lowest BCUT2D eigenvalue weighted by Crippen LogP contribution is -2.14. The van der Waals surface area contributed by atoms with Crippen LogP contribution in [0.25, 0.3) is 88.0 Å². The molecule has 0 radical (unpaired) electrons. The minimum absolute atomic E-state index is 0.0928. The van der Waals surface area contributed by atoms with E-state index in [1.54, 1.807) is 0 Å². The Morgan fingerprint density at radius 2 is 1.06 bits per heavy atom. The van der Waals surface area contributed by atoms with Crippen LogP contribution in [-0.4, -0.2) is 9.97 Å². The molecular formula is C47H32N2. The molecule has 0 atom stereocenters. The normalized spacial score (nSPS) is 13.3. The Bertz CT molecular complexity index is 2810. The lowest BCUT2D eigenvalue weighted by atomic mass is 9.80. The number of nitrogens with zero attached hydrogens (tertiary/aromatic N) is 2. The van der Waals surface area contributed by atoms with Crippen LogP contribution >= 0.6 is 0 Å². The van der Waals surface area contributed by atoms with Crippen molar-refractivity contribution in [2.45, 2.75) is 19.3 Å². The van der Waals surface area contributed by atoms with Crippen molar-refractivity contribution < 1.29 is 0 Å². The summed E-state index contributed by atoms with van der Waals surface area (Å²) in [4.78, 5) is 10.0. The van der Waals surface area contributed by atoms with Gasteiger partial charge in [-0.05, 0) is 107 Å². The van der Waals surface area contributed by atoms with Crippen molar-refractivity contribution in [1.29, 1.82) is 0 Å². The second-order valence-corrected chi connectivity index (χ2v) is 13.8. The summed E-state index contributed by atoms with van der Waals surface area (Å²) in [6.45, 7) is 4.72. The van der Waals surface area contributed by atoms with E-state index in [1.165, 1.54) is 76.8 Å². The van der Waals surface area contributed by atoms with Gasteiger partial charge in [0.05, 0.1) is 22.9 Å². The highest BCUT2D eigenvalue weighted by atomic mass is 14.8. The van der Waals surface area contributed by atoms with Gasteiger partial charge in [0.2, 0.25) is 0 Å². The minimum atomic E-state index is -0.0928. The maximum absolute atomic E-state index is 5.19. The molecule has 1 aliphatic rings. The number of hydrogen-bond acceptors (Lipinski definition) is 2. The van der Waals surface area contributed by atoms with Crippen LogP contribution in [0.15, 0.2) is 158 Å². The van der Waals surface area contributed by atoms with E-state index in [9.17, 15) is 0 Å².